The van der Waals surface area contributed by atoms with Crippen molar-refractivity contribution in [1.29, 1.82) is 0 Å². The lowest BCUT2D eigenvalue weighted by Crippen LogP contribution is -2.31. The van der Waals surface area contributed by atoms with Crippen molar-refractivity contribution in [2.24, 2.45) is 17.3 Å². The number of nitrogens with zero attached hydrogens (tertiary/aromatic N) is 2. The Morgan fingerprint density at radius 1 is 1.31 bits per heavy atom. The number of pyridine rings is 1. The number of aliphatic hydroxyl groups excluding tert-OH is 1. The van der Waals surface area contributed by atoms with Crippen molar-refractivity contribution in [2.45, 2.75) is 60.1 Å². The summed E-state index contributed by atoms with van der Waals surface area (Å²) in [5.41, 5.74) is 4.18. The van der Waals surface area contributed by atoms with E-state index < -0.39 is 12.0 Å². The molecular weight excluding hydrogens is 458 g/mol. The number of carbonyl (C=O) groups is 1. The Hall–Kier alpha value is -2.97. The van der Waals surface area contributed by atoms with Crippen molar-refractivity contribution in [1.82, 2.24) is 14.5 Å². The minimum atomic E-state index is -0.791. The van der Waals surface area contributed by atoms with E-state index in [1.165, 1.54) is 0 Å². The molecule has 8 nitrogen and oxygen atoms in total. The average Bonchev–Trinajstić information content (AvgIpc) is 3.13. The molecule has 0 aliphatic carbocycles. The fourth-order valence-electron chi connectivity index (χ4n) is 4.38. The van der Waals surface area contributed by atoms with E-state index in [1.54, 1.807) is 20.0 Å². The number of carbonyl (C=O) groups excluding carboxylic acids is 1. The number of aromatic amines is 1. The Morgan fingerprint density at radius 2 is 2.06 bits per heavy atom. The summed E-state index contributed by atoms with van der Waals surface area (Å²) in [4.78, 5) is 32.3. The standard InChI is InChI=1S/C28H37N3O5/c1-17-10-21(12-29-26(17)33)25-30-23-11-19(7-9-24(23)31(25)13-20-14-35-15-20)6-8-22(18(2)32)27(34)36-16-28(3,4)5/h7,9-12,18,20,22,32H,6,8,13-16H2,1-5H3,(H,29,33)/t18-,22?/m1/s1. The molecular formula is C28H37N3O5. The minimum Gasteiger partial charge on any atom is -0.465 e. The number of hydrogen-bond donors (Lipinski definition) is 2. The van der Waals surface area contributed by atoms with Gasteiger partial charge in [0, 0.05) is 29.8 Å². The molecule has 8 heteroatoms. The quantitative estimate of drug-likeness (QED) is 0.437. The predicted molar refractivity (Wildman–Crippen MR) is 139 cm³/mol. The number of aliphatic hydroxyl groups is 1. The van der Waals surface area contributed by atoms with Gasteiger partial charge in [-0.2, -0.15) is 0 Å². The summed E-state index contributed by atoms with van der Waals surface area (Å²) >= 11 is 0. The van der Waals surface area contributed by atoms with Crippen molar-refractivity contribution in [3.8, 4) is 11.4 Å². The lowest BCUT2D eigenvalue weighted by molar-refractivity contribution is -0.155. The smallest absolute Gasteiger partial charge is 0.311 e. The normalized spacial score (nSPS) is 16.1. The highest BCUT2D eigenvalue weighted by molar-refractivity contribution is 5.81. The summed E-state index contributed by atoms with van der Waals surface area (Å²) in [5.74, 6) is 0.291. The third-order valence-electron chi connectivity index (χ3n) is 6.58. The SMILES string of the molecule is Cc1cc(-c2nc3cc(CCC(C(=O)OCC(C)(C)C)[C@@H](C)O)ccc3n2CC2COC2)c[nH]c1=O. The van der Waals surface area contributed by atoms with Gasteiger partial charge in [0.2, 0.25) is 0 Å². The molecule has 0 saturated carbocycles. The van der Waals surface area contributed by atoms with Gasteiger partial charge in [0.05, 0.1) is 42.9 Å². The Labute approximate surface area is 211 Å². The molecule has 194 valence electrons. The molecule has 2 N–H and O–H groups in total. The van der Waals surface area contributed by atoms with Crippen LogP contribution in [0.1, 0.15) is 45.2 Å². The number of fused-ring (bicyclic) bond motifs is 1. The molecule has 1 unspecified atom stereocenters. The van der Waals surface area contributed by atoms with Crippen molar-refractivity contribution >= 4 is 17.0 Å². The van der Waals surface area contributed by atoms with Crippen LogP contribution in [0, 0.1) is 24.2 Å². The van der Waals surface area contributed by atoms with E-state index in [-0.39, 0.29) is 16.9 Å². The third kappa shape index (κ3) is 6.05. The van der Waals surface area contributed by atoms with Crippen molar-refractivity contribution in [2.75, 3.05) is 19.8 Å². The average molecular weight is 496 g/mol. The number of esters is 1. The van der Waals surface area contributed by atoms with E-state index >= 15 is 0 Å². The van der Waals surface area contributed by atoms with Crippen molar-refractivity contribution in [3.05, 3.63) is 51.9 Å². The van der Waals surface area contributed by atoms with E-state index in [0.29, 0.717) is 30.9 Å². The number of benzene rings is 1. The second-order valence-electron chi connectivity index (χ2n) is 11.2. The molecule has 0 spiro atoms. The summed E-state index contributed by atoms with van der Waals surface area (Å²) in [6.07, 6.45) is 2.02. The number of rotatable bonds is 9. The Balaban J connectivity index is 1.58. The zero-order chi connectivity index (χ0) is 26.0. The lowest BCUT2D eigenvalue weighted by Gasteiger charge is -2.27. The zero-order valence-corrected chi connectivity index (χ0v) is 21.8. The molecule has 3 aromatic rings. The van der Waals surface area contributed by atoms with Gasteiger partial charge in [0.15, 0.2) is 0 Å². The van der Waals surface area contributed by atoms with Gasteiger partial charge in [-0.05, 0) is 55.9 Å². The summed E-state index contributed by atoms with van der Waals surface area (Å²) < 4.78 is 13.1. The highest BCUT2D eigenvalue weighted by Crippen LogP contribution is 2.29. The van der Waals surface area contributed by atoms with Gasteiger partial charge in [0.25, 0.3) is 5.56 Å². The third-order valence-corrected chi connectivity index (χ3v) is 6.58. The molecule has 0 amide bonds. The molecule has 1 aromatic carbocycles. The summed E-state index contributed by atoms with van der Waals surface area (Å²) in [5, 5.41) is 10.2. The molecule has 4 rings (SSSR count). The Bertz CT molecular complexity index is 1280. The molecule has 36 heavy (non-hydrogen) atoms. The van der Waals surface area contributed by atoms with Gasteiger partial charge in [-0.25, -0.2) is 4.98 Å². The number of imidazole rings is 1. The van der Waals surface area contributed by atoms with Crippen molar-refractivity contribution in [3.63, 3.8) is 0 Å². The number of hydrogen-bond acceptors (Lipinski definition) is 6. The second-order valence-corrected chi connectivity index (χ2v) is 11.2. The summed E-state index contributed by atoms with van der Waals surface area (Å²) in [7, 11) is 0. The van der Waals surface area contributed by atoms with Crippen LogP contribution < -0.4 is 5.56 Å². The molecule has 1 saturated heterocycles. The van der Waals surface area contributed by atoms with Crippen LogP contribution in [0.2, 0.25) is 0 Å². The lowest BCUT2D eigenvalue weighted by atomic mass is 9.94. The first-order valence-corrected chi connectivity index (χ1v) is 12.6. The summed E-state index contributed by atoms with van der Waals surface area (Å²) in [6.45, 7) is 12.0. The summed E-state index contributed by atoms with van der Waals surface area (Å²) in [6, 6.07) is 8.03. The van der Waals surface area contributed by atoms with Crippen LogP contribution in [0.5, 0.6) is 0 Å². The van der Waals surface area contributed by atoms with E-state index in [0.717, 1.165) is 47.7 Å². The van der Waals surface area contributed by atoms with Gasteiger partial charge in [-0.1, -0.05) is 26.8 Å². The van der Waals surface area contributed by atoms with E-state index in [4.69, 9.17) is 14.5 Å². The number of ether oxygens (including phenoxy) is 2. The minimum absolute atomic E-state index is 0.107. The molecule has 0 bridgehead atoms. The monoisotopic (exact) mass is 495 g/mol. The zero-order valence-electron chi connectivity index (χ0n) is 21.8. The van der Waals surface area contributed by atoms with Crippen LogP contribution in [0.4, 0.5) is 0 Å². The Morgan fingerprint density at radius 3 is 2.67 bits per heavy atom. The van der Waals surface area contributed by atoms with Crippen molar-refractivity contribution < 1.29 is 19.4 Å². The molecule has 2 atom stereocenters. The van der Waals surface area contributed by atoms with Gasteiger partial charge in [0.1, 0.15) is 5.82 Å². The van der Waals surface area contributed by atoms with Crippen LogP contribution in [0.15, 0.2) is 35.3 Å². The molecule has 1 fully saturated rings. The highest BCUT2D eigenvalue weighted by atomic mass is 16.5. The van der Waals surface area contributed by atoms with Crippen LogP contribution in [0.25, 0.3) is 22.4 Å². The first-order chi connectivity index (χ1) is 17.0. The maximum atomic E-state index is 12.6. The van der Waals surface area contributed by atoms with E-state index in [9.17, 15) is 14.7 Å². The van der Waals surface area contributed by atoms with Crippen LogP contribution >= 0.6 is 0 Å². The van der Waals surface area contributed by atoms with Gasteiger partial charge in [-0.15, -0.1) is 0 Å². The van der Waals surface area contributed by atoms with E-state index in [1.807, 2.05) is 32.9 Å². The van der Waals surface area contributed by atoms with Gasteiger partial charge >= 0.3 is 5.97 Å². The first-order valence-electron chi connectivity index (χ1n) is 12.6. The maximum absolute atomic E-state index is 12.6. The maximum Gasteiger partial charge on any atom is 0.311 e. The fourth-order valence-corrected chi connectivity index (χ4v) is 4.38. The number of H-pyrrole nitrogens is 1. The van der Waals surface area contributed by atoms with Crippen LogP contribution in [-0.4, -0.2) is 51.5 Å². The van der Waals surface area contributed by atoms with E-state index in [2.05, 4.69) is 21.7 Å². The molecule has 0 radical (unpaired) electrons. The molecule has 2 aromatic heterocycles. The number of aryl methyl sites for hydroxylation is 2. The molecule has 1 aliphatic rings. The number of nitrogens with one attached hydrogen (secondary N) is 1. The fraction of sp³-hybridized carbons (Fsp3) is 0.536. The molecule has 1 aliphatic heterocycles. The topological polar surface area (TPSA) is 106 Å². The van der Waals surface area contributed by atoms with Crippen LogP contribution in [-0.2, 0) is 27.2 Å². The number of aromatic nitrogens is 3. The van der Waals surface area contributed by atoms with Gasteiger partial charge < -0.3 is 24.1 Å². The largest absolute Gasteiger partial charge is 0.465 e. The first kappa shape index (κ1) is 26.1. The highest BCUT2D eigenvalue weighted by Gasteiger charge is 2.27. The predicted octanol–water partition coefficient (Wildman–Crippen LogP) is 3.87. The molecule has 3 heterocycles. The van der Waals surface area contributed by atoms with Gasteiger partial charge in [-0.3, -0.25) is 9.59 Å². The Kier molecular flexibility index (Phi) is 7.66. The van der Waals surface area contributed by atoms with Crippen LogP contribution in [0.3, 0.4) is 0 Å². The second kappa shape index (κ2) is 10.6.